The van der Waals surface area contributed by atoms with Crippen molar-refractivity contribution in [3.8, 4) is 22.4 Å². The summed E-state index contributed by atoms with van der Waals surface area (Å²) in [6, 6.07) is 47.9. The zero-order chi connectivity index (χ0) is 35.9. The fourth-order valence-corrected chi connectivity index (χ4v) is 8.59. The first-order chi connectivity index (χ1) is 26.1. The summed E-state index contributed by atoms with van der Waals surface area (Å²) in [6.07, 6.45) is 9.63. The van der Waals surface area contributed by atoms with E-state index in [1.165, 1.54) is 52.7 Å². The van der Waals surface area contributed by atoms with Crippen LogP contribution >= 0.6 is 11.3 Å². The number of rotatable bonds is 7. The zero-order valence-electron chi connectivity index (χ0n) is 29.5. The van der Waals surface area contributed by atoms with E-state index in [0.29, 0.717) is 5.70 Å². The lowest BCUT2D eigenvalue weighted by Gasteiger charge is -2.13. The Morgan fingerprint density at radius 3 is 2.38 bits per heavy atom. The van der Waals surface area contributed by atoms with E-state index in [0.717, 1.165) is 44.7 Å². The van der Waals surface area contributed by atoms with Crippen LogP contribution in [0.25, 0.3) is 92.4 Å². The summed E-state index contributed by atoms with van der Waals surface area (Å²) in [5.74, 6) is 0. The number of thiophene rings is 1. The number of fused-ring (bicyclic) bond motifs is 8. The van der Waals surface area contributed by atoms with Crippen LogP contribution in [0.4, 0.5) is 0 Å². The highest BCUT2D eigenvalue weighted by atomic mass is 32.1. The van der Waals surface area contributed by atoms with Crippen LogP contribution in [0, 0.1) is 0 Å². The predicted octanol–water partition coefficient (Wildman–Crippen LogP) is 13.8. The van der Waals surface area contributed by atoms with Gasteiger partial charge in [0.2, 0.25) is 0 Å². The molecule has 0 radical (unpaired) electrons. The monoisotopic (exact) mass is 697 g/mol. The molecule has 53 heavy (non-hydrogen) atoms. The smallest absolute Gasteiger partial charge is 0.0952 e. The molecular formula is C49H35N3S. The van der Waals surface area contributed by atoms with Gasteiger partial charge in [0.05, 0.1) is 22.6 Å². The van der Waals surface area contributed by atoms with Gasteiger partial charge in [0.15, 0.2) is 0 Å². The molecule has 0 saturated carbocycles. The first kappa shape index (κ1) is 32.4. The zero-order valence-corrected chi connectivity index (χ0v) is 30.4. The van der Waals surface area contributed by atoms with Gasteiger partial charge in [0, 0.05) is 59.9 Å². The van der Waals surface area contributed by atoms with Crippen molar-refractivity contribution in [3.63, 3.8) is 0 Å². The highest BCUT2D eigenvalue weighted by Gasteiger charge is 2.16. The Morgan fingerprint density at radius 1 is 0.698 bits per heavy atom. The molecule has 0 N–H and O–H groups in total. The lowest BCUT2D eigenvalue weighted by molar-refractivity contribution is 1.25. The van der Waals surface area contributed by atoms with Gasteiger partial charge in [-0.2, -0.15) is 0 Å². The maximum Gasteiger partial charge on any atom is 0.0952 e. The van der Waals surface area contributed by atoms with E-state index in [4.69, 9.17) is 4.98 Å². The minimum atomic E-state index is 0.635. The minimum Gasteiger partial charge on any atom is -0.255 e. The van der Waals surface area contributed by atoms with Crippen molar-refractivity contribution in [3.05, 3.63) is 175 Å². The van der Waals surface area contributed by atoms with E-state index in [1.54, 1.807) is 6.20 Å². The Labute approximate surface area is 312 Å². The third-order valence-electron chi connectivity index (χ3n) is 9.99. The number of allylic oxidation sites excluding steroid dienone is 3. The van der Waals surface area contributed by atoms with Crippen molar-refractivity contribution in [1.82, 2.24) is 9.97 Å². The molecule has 4 heteroatoms. The standard InChI is InChI=1S/C49H35N3S/c1-4-11-33-14-10-26-51-47(33)32(3)50-27-25-31(2)34-19-20-38-29-37(22-21-36(38)28-34)35-12-9-13-39(30-35)48-43-24-23-41-40-15-6-8-18-45(40)53-49(41)46(43)42-16-5-7-17-44(42)52-48/h4-30H,3H2,1-2H3/b11-4-,31-25+,50-27?. The van der Waals surface area contributed by atoms with Crippen molar-refractivity contribution < 1.29 is 0 Å². The quantitative estimate of drug-likeness (QED) is 0.123. The third-order valence-corrected chi connectivity index (χ3v) is 11.2. The summed E-state index contributed by atoms with van der Waals surface area (Å²) in [7, 11) is 0. The van der Waals surface area contributed by atoms with Gasteiger partial charge in [-0.25, -0.2) is 4.98 Å². The summed E-state index contributed by atoms with van der Waals surface area (Å²) in [6.45, 7) is 8.25. The summed E-state index contributed by atoms with van der Waals surface area (Å²) in [5.41, 5.74) is 10.2. The molecule has 0 spiro atoms. The fraction of sp³-hybridized carbons (Fsp3) is 0.0408. The highest BCUT2D eigenvalue weighted by Crippen LogP contribution is 2.43. The highest BCUT2D eigenvalue weighted by molar-refractivity contribution is 7.26. The predicted molar refractivity (Wildman–Crippen MR) is 231 cm³/mol. The second-order valence-electron chi connectivity index (χ2n) is 13.3. The van der Waals surface area contributed by atoms with Gasteiger partial charge in [0.1, 0.15) is 0 Å². The number of para-hydroxylation sites is 1. The van der Waals surface area contributed by atoms with E-state index in [-0.39, 0.29) is 0 Å². The topological polar surface area (TPSA) is 38.1 Å². The van der Waals surface area contributed by atoms with Gasteiger partial charge < -0.3 is 0 Å². The third kappa shape index (κ3) is 5.93. The Hall–Kier alpha value is -6.49. The number of aliphatic imine (C=N–C) groups is 1. The Bertz CT molecular complexity index is 3000. The van der Waals surface area contributed by atoms with E-state index >= 15 is 0 Å². The molecule has 0 atom stereocenters. The van der Waals surface area contributed by atoms with Crippen LogP contribution in [0.15, 0.2) is 163 Å². The van der Waals surface area contributed by atoms with E-state index in [9.17, 15) is 0 Å². The van der Waals surface area contributed by atoms with Crippen LogP contribution in [0.1, 0.15) is 30.7 Å². The van der Waals surface area contributed by atoms with Crippen molar-refractivity contribution >= 4 is 87.5 Å². The molecule has 0 bridgehead atoms. The Balaban J connectivity index is 1.04. The number of benzene rings is 6. The minimum absolute atomic E-state index is 0.635. The summed E-state index contributed by atoms with van der Waals surface area (Å²) in [5, 5.41) is 8.65. The normalized spacial score (nSPS) is 12.4. The van der Waals surface area contributed by atoms with Crippen LogP contribution in [-0.4, -0.2) is 16.2 Å². The summed E-state index contributed by atoms with van der Waals surface area (Å²) < 4.78 is 2.63. The maximum absolute atomic E-state index is 5.28. The largest absolute Gasteiger partial charge is 0.255 e. The number of hydrogen-bond acceptors (Lipinski definition) is 4. The summed E-state index contributed by atoms with van der Waals surface area (Å²) in [4.78, 5) is 14.4. The number of nitrogens with zero attached hydrogens (tertiary/aromatic N) is 3. The molecule has 3 nitrogen and oxygen atoms in total. The average Bonchev–Trinajstić information content (AvgIpc) is 3.59. The van der Waals surface area contributed by atoms with Crippen LogP contribution in [0.5, 0.6) is 0 Å². The van der Waals surface area contributed by atoms with Gasteiger partial charge >= 0.3 is 0 Å². The second kappa shape index (κ2) is 13.6. The molecule has 3 heterocycles. The Kier molecular flexibility index (Phi) is 8.30. The van der Waals surface area contributed by atoms with Gasteiger partial charge in [-0.05, 0) is 89.4 Å². The molecule has 0 amide bonds. The average molecular weight is 698 g/mol. The number of pyridine rings is 2. The van der Waals surface area contributed by atoms with Gasteiger partial charge in [-0.1, -0.05) is 116 Å². The molecule has 0 fully saturated rings. The fourth-order valence-electron chi connectivity index (χ4n) is 7.32. The van der Waals surface area contributed by atoms with E-state index in [2.05, 4.69) is 145 Å². The van der Waals surface area contributed by atoms with Crippen molar-refractivity contribution in [2.24, 2.45) is 4.99 Å². The first-order valence-electron chi connectivity index (χ1n) is 17.8. The van der Waals surface area contributed by atoms with Crippen LogP contribution in [0.3, 0.4) is 0 Å². The lowest BCUT2D eigenvalue weighted by atomic mass is 9.95. The van der Waals surface area contributed by atoms with Crippen molar-refractivity contribution in [1.29, 1.82) is 0 Å². The molecule has 252 valence electrons. The van der Waals surface area contributed by atoms with Gasteiger partial charge in [-0.15, -0.1) is 11.3 Å². The maximum atomic E-state index is 5.28. The molecular weight excluding hydrogens is 663 g/mol. The van der Waals surface area contributed by atoms with Crippen molar-refractivity contribution in [2.45, 2.75) is 13.8 Å². The molecule has 6 aromatic carbocycles. The molecule has 0 aliphatic heterocycles. The summed E-state index contributed by atoms with van der Waals surface area (Å²) >= 11 is 1.87. The SMILES string of the molecule is C=C(N=C/C=C(\C)c1ccc2cc(-c3cccc(-c4nc5ccccc5c5c4ccc4c6ccccc6sc45)c3)ccc2c1)c1ncccc1/C=C\C. The van der Waals surface area contributed by atoms with Gasteiger partial charge in [-0.3, -0.25) is 9.98 Å². The molecule has 0 saturated heterocycles. The lowest BCUT2D eigenvalue weighted by Crippen LogP contribution is -1.91. The Morgan fingerprint density at radius 2 is 1.47 bits per heavy atom. The second-order valence-corrected chi connectivity index (χ2v) is 14.4. The van der Waals surface area contributed by atoms with Crippen LogP contribution in [-0.2, 0) is 0 Å². The molecule has 3 aromatic heterocycles. The molecule has 9 aromatic rings. The van der Waals surface area contributed by atoms with Crippen LogP contribution in [0.2, 0.25) is 0 Å². The van der Waals surface area contributed by atoms with E-state index < -0.39 is 0 Å². The number of hydrogen-bond donors (Lipinski definition) is 0. The molecule has 0 unspecified atom stereocenters. The van der Waals surface area contributed by atoms with Gasteiger partial charge in [0.25, 0.3) is 0 Å². The first-order valence-corrected chi connectivity index (χ1v) is 18.6. The molecule has 0 aliphatic carbocycles. The molecule has 0 aliphatic rings. The molecule has 9 rings (SSSR count). The van der Waals surface area contributed by atoms with Crippen LogP contribution < -0.4 is 0 Å². The van der Waals surface area contributed by atoms with E-state index in [1.807, 2.05) is 54.8 Å². The number of aromatic nitrogens is 2. The van der Waals surface area contributed by atoms with Crippen molar-refractivity contribution in [2.75, 3.05) is 0 Å².